The fourth-order valence-corrected chi connectivity index (χ4v) is 4.46. The Morgan fingerprint density at radius 2 is 1.70 bits per heavy atom. The van der Waals surface area contributed by atoms with Crippen molar-refractivity contribution in [2.24, 2.45) is 0 Å². The van der Waals surface area contributed by atoms with E-state index in [0.717, 1.165) is 50.5 Å². The minimum Gasteiger partial charge on any atom is -0.354 e. The molecule has 2 N–H and O–H groups in total. The largest absolute Gasteiger partial charge is 0.354 e. The summed E-state index contributed by atoms with van der Waals surface area (Å²) in [6, 6.07) is 8.21. The van der Waals surface area contributed by atoms with Crippen molar-refractivity contribution >= 4 is 11.8 Å². The molecule has 1 aliphatic carbocycles. The van der Waals surface area contributed by atoms with Gasteiger partial charge in [0.1, 0.15) is 6.04 Å². The first-order valence-corrected chi connectivity index (χ1v) is 10.5. The zero-order valence-corrected chi connectivity index (χ0v) is 17.1. The van der Waals surface area contributed by atoms with Gasteiger partial charge in [0.25, 0.3) is 0 Å². The Morgan fingerprint density at radius 1 is 1.04 bits per heavy atom. The highest BCUT2D eigenvalue weighted by Crippen LogP contribution is 2.40. The Morgan fingerprint density at radius 3 is 2.33 bits per heavy atom. The lowest BCUT2D eigenvalue weighted by Gasteiger charge is -2.37. The van der Waals surface area contributed by atoms with Gasteiger partial charge in [-0.3, -0.25) is 9.59 Å². The molecule has 1 heterocycles. The maximum atomic E-state index is 13.4. The minimum absolute atomic E-state index is 0.0325. The van der Waals surface area contributed by atoms with Crippen molar-refractivity contribution in [2.75, 3.05) is 6.54 Å². The topological polar surface area (TPSA) is 58.2 Å². The van der Waals surface area contributed by atoms with Crippen molar-refractivity contribution in [3.63, 3.8) is 0 Å². The zero-order chi connectivity index (χ0) is 19.5. The molecule has 2 fully saturated rings. The lowest BCUT2D eigenvalue weighted by Crippen LogP contribution is -2.53. The van der Waals surface area contributed by atoms with E-state index < -0.39 is 11.5 Å². The molecule has 1 aromatic rings. The molecule has 0 unspecified atom stereocenters. The van der Waals surface area contributed by atoms with Crippen LogP contribution in [-0.2, 0) is 20.4 Å². The number of hydrogen-bond donors (Lipinski definition) is 2. The highest BCUT2D eigenvalue weighted by molar-refractivity contribution is 5.93. The zero-order valence-electron chi connectivity index (χ0n) is 17.1. The average Bonchev–Trinajstić information content (AvgIpc) is 2.86. The Labute approximate surface area is 163 Å². The average molecular weight is 371 g/mol. The summed E-state index contributed by atoms with van der Waals surface area (Å²) in [6.07, 6.45) is 7.71. The fraction of sp³-hybridized carbons (Fsp3) is 0.652. The van der Waals surface area contributed by atoms with Gasteiger partial charge in [0.15, 0.2) is 0 Å². The van der Waals surface area contributed by atoms with Crippen molar-refractivity contribution in [3.8, 4) is 0 Å². The van der Waals surface area contributed by atoms with Crippen LogP contribution >= 0.6 is 0 Å². The third-order valence-electron chi connectivity index (χ3n) is 6.29. The Kier molecular flexibility index (Phi) is 5.92. The monoisotopic (exact) mass is 370 g/mol. The molecular formula is C23H34N2O2. The van der Waals surface area contributed by atoms with E-state index in [9.17, 15) is 9.59 Å². The van der Waals surface area contributed by atoms with E-state index in [1.807, 2.05) is 0 Å². The van der Waals surface area contributed by atoms with Crippen molar-refractivity contribution in [1.82, 2.24) is 10.6 Å². The number of nitrogens with one attached hydrogen (secondary N) is 2. The number of carbonyl (C=O) groups excluding carboxylic acids is 2. The van der Waals surface area contributed by atoms with Crippen molar-refractivity contribution in [3.05, 3.63) is 35.4 Å². The second-order valence-corrected chi connectivity index (χ2v) is 9.28. The lowest BCUT2D eigenvalue weighted by molar-refractivity contribution is -0.133. The van der Waals surface area contributed by atoms with Gasteiger partial charge in [-0.05, 0) is 48.6 Å². The van der Waals surface area contributed by atoms with E-state index in [0.29, 0.717) is 6.54 Å². The highest BCUT2D eigenvalue weighted by atomic mass is 16.2. The van der Waals surface area contributed by atoms with E-state index in [1.54, 1.807) is 0 Å². The maximum absolute atomic E-state index is 13.4. The molecule has 2 amide bonds. The number of carbonyl (C=O) groups is 2. The first-order chi connectivity index (χ1) is 12.8. The van der Waals surface area contributed by atoms with Crippen LogP contribution in [0.15, 0.2) is 24.3 Å². The van der Waals surface area contributed by atoms with Crippen molar-refractivity contribution < 1.29 is 9.59 Å². The van der Waals surface area contributed by atoms with Crippen LogP contribution in [0, 0.1) is 0 Å². The van der Waals surface area contributed by atoms with Crippen molar-refractivity contribution in [2.45, 2.75) is 89.0 Å². The molecule has 0 spiro atoms. The summed E-state index contributed by atoms with van der Waals surface area (Å²) in [5, 5.41) is 6.04. The molecule has 0 radical (unpaired) electrons. The molecule has 1 aliphatic heterocycles. The summed E-state index contributed by atoms with van der Waals surface area (Å²) in [5.74, 6) is 0.00245. The first-order valence-electron chi connectivity index (χ1n) is 10.5. The molecule has 3 rings (SSSR count). The summed E-state index contributed by atoms with van der Waals surface area (Å²) in [7, 11) is 0. The van der Waals surface area contributed by atoms with Gasteiger partial charge in [-0.2, -0.15) is 0 Å². The van der Waals surface area contributed by atoms with Crippen LogP contribution in [0.4, 0.5) is 0 Å². The second-order valence-electron chi connectivity index (χ2n) is 9.28. The molecule has 27 heavy (non-hydrogen) atoms. The van der Waals surface area contributed by atoms with E-state index in [-0.39, 0.29) is 17.2 Å². The Bertz CT molecular complexity index is 667. The molecule has 1 atom stereocenters. The van der Waals surface area contributed by atoms with Crippen LogP contribution in [0.5, 0.6) is 0 Å². The van der Waals surface area contributed by atoms with Crippen LogP contribution in [0.1, 0.15) is 83.3 Å². The van der Waals surface area contributed by atoms with Crippen LogP contribution in [0.2, 0.25) is 0 Å². The number of rotatable bonds is 3. The van der Waals surface area contributed by atoms with Gasteiger partial charge in [-0.1, -0.05) is 64.3 Å². The Hall–Kier alpha value is -1.84. The summed E-state index contributed by atoms with van der Waals surface area (Å²) in [4.78, 5) is 25.7. The van der Waals surface area contributed by atoms with Gasteiger partial charge < -0.3 is 10.6 Å². The molecule has 4 nitrogen and oxygen atoms in total. The van der Waals surface area contributed by atoms with Gasteiger partial charge in [-0.25, -0.2) is 0 Å². The van der Waals surface area contributed by atoms with E-state index >= 15 is 0 Å². The number of amides is 2. The van der Waals surface area contributed by atoms with Crippen LogP contribution < -0.4 is 10.6 Å². The molecule has 1 saturated carbocycles. The molecular weight excluding hydrogens is 336 g/mol. The third-order valence-corrected chi connectivity index (χ3v) is 6.29. The molecule has 2 aliphatic rings. The second kappa shape index (κ2) is 8.04. The summed E-state index contributed by atoms with van der Waals surface area (Å²) in [5.41, 5.74) is 1.97. The van der Waals surface area contributed by atoms with Gasteiger partial charge in [0.05, 0.1) is 5.41 Å². The van der Waals surface area contributed by atoms with Gasteiger partial charge >= 0.3 is 0 Å². The molecule has 0 aromatic heterocycles. The fourth-order valence-electron chi connectivity index (χ4n) is 4.46. The minimum atomic E-state index is -0.499. The van der Waals surface area contributed by atoms with E-state index in [1.165, 1.54) is 12.0 Å². The maximum Gasteiger partial charge on any atom is 0.242 e. The third kappa shape index (κ3) is 4.36. The quantitative estimate of drug-likeness (QED) is 0.846. The van der Waals surface area contributed by atoms with Crippen LogP contribution in [0.25, 0.3) is 0 Å². The van der Waals surface area contributed by atoms with Gasteiger partial charge in [-0.15, -0.1) is 0 Å². The summed E-state index contributed by atoms with van der Waals surface area (Å²) < 4.78 is 0. The SMILES string of the molecule is CC(C)(C)c1ccc(C2(C(=O)N[C@H]3CCCCNC3=O)CCCCC2)cc1. The smallest absolute Gasteiger partial charge is 0.242 e. The first kappa shape index (κ1) is 19.9. The van der Waals surface area contributed by atoms with E-state index in [4.69, 9.17) is 0 Å². The predicted octanol–water partition coefficient (Wildman–Crippen LogP) is 3.97. The standard InChI is InChI=1S/C23H34N2O2/c1-22(2,3)17-10-12-18(13-11-17)23(14-6-4-7-15-23)21(27)25-19-9-5-8-16-24-20(19)26/h10-13,19H,4-9,14-16H2,1-3H3,(H,24,26)(H,25,27)/t19-/m0/s1. The summed E-state index contributed by atoms with van der Waals surface area (Å²) >= 11 is 0. The molecule has 1 saturated heterocycles. The predicted molar refractivity (Wildman–Crippen MR) is 109 cm³/mol. The lowest BCUT2D eigenvalue weighted by atomic mass is 9.68. The van der Waals surface area contributed by atoms with Crippen LogP contribution in [-0.4, -0.2) is 24.4 Å². The Balaban J connectivity index is 1.85. The van der Waals surface area contributed by atoms with E-state index in [2.05, 4.69) is 55.7 Å². The normalized spacial score (nSPS) is 23.2. The molecule has 148 valence electrons. The van der Waals surface area contributed by atoms with Crippen molar-refractivity contribution in [1.29, 1.82) is 0 Å². The van der Waals surface area contributed by atoms with Crippen LogP contribution in [0.3, 0.4) is 0 Å². The number of benzene rings is 1. The molecule has 1 aromatic carbocycles. The number of hydrogen-bond acceptors (Lipinski definition) is 2. The highest BCUT2D eigenvalue weighted by Gasteiger charge is 2.42. The van der Waals surface area contributed by atoms with Gasteiger partial charge in [0.2, 0.25) is 11.8 Å². The van der Waals surface area contributed by atoms with Gasteiger partial charge in [0, 0.05) is 6.54 Å². The molecule has 4 heteroatoms. The molecule has 0 bridgehead atoms. The summed E-state index contributed by atoms with van der Waals surface area (Å²) in [6.45, 7) is 7.33.